The minimum absolute atomic E-state index is 0.176. The van der Waals surface area contributed by atoms with E-state index in [9.17, 15) is 18.0 Å². The molecule has 2 heterocycles. The molecule has 2 aliphatic rings. The first-order chi connectivity index (χ1) is 12.8. The van der Waals surface area contributed by atoms with Gasteiger partial charge in [-0.15, -0.1) is 0 Å². The van der Waals surface area contributed by atoms with Crippen LogP contribution in [0.2, 0.25) is 0 Å². The molecule has 0 bridgehead atoms. The fourth-order valence-electron chi connectivity index (χ4n) is 2.62. The normalized spacial score (nSPS) is 22.5. The highest BCUT2D eigenvalue weighted by atomic mass is 32.2. The summed E-state index contributed by atoms with van der Waals surface area (Å²) in [6.45, 7) is -0.266. The number of ether oxygens (including phenoxy) is 1. The van der Waals surface area contributed by atoms with Gasteiger partial charge in [-0.05, 0) is 18.2 Å². The number of nitrogens with zero attached hydrogens (tertiary/aromatic N) is 1. The molecule has 1 N–H and O–H groups in total. The maximum atomic E-state index is 12.6. The first kappa shape index (κ1) is 19.6. The summed E-state index contributed by atoms with van der Waals surface area (Å²) >= 11 is 6.32. The van der Waals surface area contributed by atoms with Crippen LogP contribution in [0.4, 0.5) is 0 Å². The molecule has 0 aromatic heterocycles. The van der Waals surface area contributed by atoms with Crippen LogP contribution in [0.15, 0.2) is 40.7 Å². The SMILES string of the molecule is COc1ccccc1/C=C1/SC(=S)N(CC(=O)NC2C=CS(=O)(=O)C2)C1=O. The Balaban J connectivity index is 1.68. The molecule has 1 aromatic carbocycles. The average Bonchev–Trinajstić information content (AvgIpc) is 3.08. The molecule has 1 atom stereocenters. The standard InChI is InChI=1S/C17H16N2O5S3/c1-24-13-5-3-2-4-11(13)8-14-16(21)19(17(25)26-14)9-15(20)18-12-6-7-27(22,23)10-12/h2-8,12H,9-10H2,1H3,(H,18,20)/b14-8+. The topological polar surface area (TPSA) is 92.8 Å². The van der Waals surface area contributed by atoms with Crippen molar-refractivity contribution in [3.8, 4) is 5.75 Å². The van der Waals surface area contributed by atoms with Crippen LogP contribution >= 0.6 is 24.0 Å². The first-order valence-electron chi connectivity index (χ1n) is 7.88. The molecule has 1 saturated heterocycles. The van der Waals surface area contributed by atoms with Gasteiger partial charge in [-0.2, -0.15) is 0 Å². The zero-order chi connectivity index (χ0) is 19.6. The van der Waals surface area contributed by atoms with Crippen molar-refractivity contribution in [2.24, 2.45) is 0 Å². The second-order valence-electron chi connectivity index (χ2n) is 5.84. The largest absolute Gasteiger partial charge is 0.496 e. The molecule has 3 rings (SSSR count). The van der Waals surface area contributed by atoms with Gasteiger partial charge < -0.3 is 10.1 Å². The molecule has 27 heavy (non-hydrogen) atoms. The van der Waals surface area contributed by atoms with E-state index in [1.54, 1.807) is 19.3 Å². The predicted molar refractivity (Wildman–Crippen MR) is 108 cm³/mol. The van der Waals surface area contributed by atoms with Gasteiger partial charge in [0.1, 0.15) is 16.6 Å². The minimum Gasteiger partial charge on any atom is -0.496 e. The van der Waals surface area contributed by atoms with Crippen molar-refractivity contribution in [1.82, 2.24) is 10.2 Å². The molecule has 1 fully saturated rings. The highest BCUT2D eigenvalue weighted by Gasteiger charge is 2.34. The Labute approximate surface area is 166 Å². The Morgan fingerprint density at radius 2 is 2.19 bits per heavy atom. The van der Waals surface area contributed by atoms with Crippen LogP contribution < -0.4 is 10.1 Å². The summed E-state index contributed by atoms with van der Waals surface area (Å²) in [6.07, 6.45) is 3.08. The Hall–Kier alpha value is -2.17. The lowest BCUT2D eigenvalue weighted by atomic mass is 10.2. The molecule has 1 aromatic rings. The van der Waals surface area contributed by atoms with E-state index in [2.05, 4.69) is 5.32 Å². The monoisotopic (exact) mass is 424 g/mol. The third-order valence-corrected chi connectivity index (χ3v) is 6.65. The number of carbonyl (C=O) groups excluding carboxylic acids is 2. The summed E-state index contributed by atoms with van der Waals surface area (Å²) in [5.41, 5.74) is 0.728. The van der Waals surface area contributed by atoms with Gasteiger partial charge >= 0.3 is 0 Å². The molecule has 0 aliphatic carbocycles. The van der Waals surface area contributed by atoms with Crippen LogP contribution in [0.3, 0.4) is 0 Å². The van der Waals surface area contributed by atoms with Crippen LogP contribution in [0.5, 0.6) is 5.75 Å². The molecule has 7 nitrogen and oxygen atoms in total. The molecule has 2 aliphatic heterocycles. The van der Waals surface area contributed by atoms with Gasteiger partial charge in [0.25, 0.3) is 5.91 Å². The molecule has 1 unspecified atom stereocenters. The zero-order valence-electron chi connectivity index (χ0n) is 14.2. The van der Waals surface area contributed by atoms with Crippen molar-refractivity contribution >= 4 is 56.0 Å². The van der Waals surface area contributed by atoms with Gasteiger partial charge in [0, 0.05) is 11.0 Å². The molecular formula is C17H16N2O5S3. The van der Waals surface area contributed by atoms with Gasteiger partial charge in [0.05, 0.1) is 23.8 Å². The third kappa shape index (κ3) is 4.57. The van der Waals surface area contributed by atoms with Gasteiger partial charge in [-0.1, -0.05) is 42.2 Å². The van der Waals surface area contributed by atoms with Gasteiger partial charge in [-0.3, -0.25) is 14.5 Å². The smallest absolute Gasteiger partial charge is 0.266 e. The molecule has 0 spiro atoms. The highest BCUT2D eigenvalue weighted by molar-refractivity contribution is 8.26. The molecule has 2 amide bonds. The molecular weight excluding hydrogens is 408 g/mol. The Morgan fingerprint density at radius 1 is 1.44 bits per heavy atom. The maximum absolute atomic E-state index is 12.6. The summed E-state index contributed by atoms with van der Waals surface area (Å²) in [4.78, 5) is 26.4. The number of nitrogens with one attached hydrogen (secondary N) is 1. The highest BCUT2D eigenvalue weighted by Crippen LogP contribution is 2.34. The fourth-order valence-corrected chi connectivity index (χ4v) is 5.11. The quantitative estimate of drug-likeness (QED) is 0.563. The summed E-state index contributed by atoms with van der Waals surface area (Å²) in [6, 6.07) is 6.65. The van der Waals surface area contributed by atoms with Crippen LogP contribution in [0, 0.1) is 0 Å². The number of hydrogen-bond acceptors (Lipinski definition) is 7. The van der Waals surface area contributed by atoms with Crippen LogP contribution in [0.1, 0.15) is 5.56 Å². The van der Waals surface area contributed by atoms with Crippen molar-refractivity contribution < 1.29 is 22.7 Å². The van der Waals surface area contributed by atoms with Crippen LogP contribution in [0.25, 0.3) is 6.08 Å². The molecule has 0 saturated carbocycles. The van der Waals surface area contributed by atoms with Gasteiger partial charge in [0.15, 0.2) is 9.84 Å². The molecule has 142 valence electrons. The number of thioether (sulfide) groups is 1. The number of amides is 2. The zero-order valence-corrected chi connectivity index (χ0v) is 16.7. The van der Waals surface area contributed by atoms with Crippen LogP contribution in [-0.2, 0) is 19.4 Å². The number of benzene rings is 1. The number of thiocarbonyl (C=S) groups is 1. The van der Waals surface area contributed by atoms with E-state index in [1.807, 2.05) is 18.2 Å². The van der Waals surface area contributed by atoms with Crippen molar-refractivity contribution in [1.29, 1.82) is 0 Å². The average molecular weight is 425 g/mol. The lowest BCUT2D eigenvalue weighted by Gasteiger charge is -2.16. The second-order valence-corrected chi connectivity index (χ2v) is 9.45. The predicted octanol–water partition coefficient (Wildman–Crippen LogP) is 1.32. The van der Waals surface area contributed by atoms with E-state index >= 15 is 0 Å². The molecule has 10 heteroatoms. The van der Waals surface area contributed by atoms with Crippen molar-refractivity contribution in [2.45, 2.75) is 6.04 Å². The fraction of sp³-hybridized carbons (Fsp3) is 0.235. The van der Waals surface area contributed by atoms with E-state index in [1.165, 1.54) is 11.0 Å². The van der Waals surface area contributed by atoms with E-state index < -0.39 is 21.8 Å². The summed E-state index contributed by atoms with van der Waals surface area (Å²) < 4.78 is 28.3. The summed E-state index contributed by atoms with van der Waals surface area (Å²) in [5, 5.41) is 3.66. The Bertz CT molecular complexity index is 969. The maximum Gasteiger partial charge on any atom is 0.266 e. The Kier molecular flexibility index (Phi) is 5.68. The number of sulfone groups is 1. The Morgan fingerprint density at radius 3 is 2.85 bits per heavy atom. The lowest BCUT2D eigenvalue weighted by Crippen LogP contribution is -2.43. The number of rotatable bonds is 5. The lowest BCUT2D eigenvalue weighted by molar-refractivity contribution is -0.128. The van der Waals surface area contributed by atoms with Crippen LogP contribution in [-0.4, -0.2) is 54.9 Å². The van der Waals surface area contributed by atoms with E-state index in [-0.39, 0.29) is 22.5 Å². The second kappa shape index (κ2) is 7.83. The molecule has 0 radical (unpaired) electrons. The number of methoxy groups -OCH3 is 1. The van der Waals surface area contributed by atoms with Gasteiger partial charge in [-0.25, -0.2) is 8.42 Å². The summed E-state index contributed by atoms with van der Waals surface area (Å²) in [5.74, 6) is -0.405. The minimum atomic E-state index is -3.27. The van der Waals surface area contributed by atoms with Crippen molar-refractivity contribution in [2.75, 3.05) is 19.4 Å². The van der Waals surface area contributed by atoms with E-state index in [4.69, 9.17) is 17.0 Å². The number of para-hydroxylation sites is 1. The van der Waals surface area contributed by atoms with E-state index in [0.717, 1.165) is 22.7 Å². The first-order valence-corrected chi connectivity index (χ1v) is 10.8. The van der Waals surface area contributed by atoms with Gasteiger partial charge in [0.2, 0.25) is 5.91 Å². The van der Waals surface area contributed by atoms with Crippen molar-refractivity contribution in [3.63, 3.8) is 0 Å². The number of hydrogen-bond donors (Lipinski definition) is 1. The van der Waals surface area contributed by atoms with E-state index in [0.29, 0.717) is 10.7 Å². The third-order valence-electron chi connectivity index (χ3n) is 3.88. The number of carbonyl (C=O) groups is 2. The summed E-state index contributed by atoms with van der Waals surface area (Å²) in [7, 11) is -1.73. The van der Waals surface area contributed by atoms with Crippen molar-refractivity contribution in [3.05, 3.63) is 46.2 Å².